The van der Waals surface area contributed by atoms with Crippen molar-refractivity contribution in [2.45, 2.75) is 109 Å². The molecule has 0 aliphatic heterocycles. The van der Waals surface area contributed by atoms with Crippen molar-refractivity contribution < 1.29 is 15.0 Å². The zero-order valence-electron chi connectivity index (χ0n) is 16.1. The molecule has 0 fully saturated rings. The molecule has 0 atom stereocenters. The number of Topliss-reactive ketones (excluding diaryl/α,β-unsaturated/α-hetero) is 1. The van der Waals surface area contributed by atoms with Crippen LogP contribution in [0.15, 0.2) is 12.2 Å². The molecular formula is C21H39ClO3. The first-order valence-electron chi connectivity index (χ1n) is 10.2. The van der Waals surface area contributed by atoms with Crippen LogP contribution in [0.5, 0.6) is 0 Å². The summed E-state index contributed by atoms with van der Waals surface area (Å²) in [5, 5.41) is 18.8. The highest BCUT2D eigenvalue weighted by Crippen LogP contribution is 2.14. The Hall–Kier alpha value is -0.380. The van der Waals surface area contributed by atoms with Crippen molar-refractivity contribution in [1.29, 1.82) is 0 Å². The predicted molar refractivity (Wildman–Crippen MR) is 107 cm³/mol. The van der Waals surface area contributed by atoms with E-state index in [1.165, 1.54) is 51.4 Å². The van der Waals surface area contributed by atoms with Gasteiger partial charge in [-0.05, 0) is 38.5 Å². The van der Waals surface area contributed by atoms with Crippen LogP contribution in [0.3, 0.4) is 0 Å². The van der Waals surface area contributed by atoms with E-state index in [1.54, 1.807) is 6.92 Å². The quantitative estimate of drug-likeness (QED) is 0.136. The fraction of sp³-hybridized carbons (Fsp3) is 0.857. The molecule has 0 aromatic carbocycles. The van der Waals surface area contributed by atoms with E-state index in [-0.39, 0.29) is 12.8 Å². The highest BCUT2D eigenvalue weighted by atomic mass is 35.5. The molecule has 0 amide bonds. The number of halogens is 1. The number of carbonyl (C=O) groups is 1. The second-order valence-corrected chi connectivity index (χ2v) is 7.35. The van der Waals surface area contributed by atoms with Crippen LogP contribution < -0.4 is 0 Å². The smallest absolute Gasteiger partial charge is 0.223 e. The van der Waals surface area contributed by atoms with E-state index in [4.69, 9.17) is 11.6 Å². The molecule has 4 heteroatoms. The van der Waals surface area contributed by atoms with Crippen LogP contribution in [0.25, 0.3) is 0 Å². The lowest BCUT2D eigenvalue weighted by Gasteiger charge is -2.17. The van der Waals surface area contributed by atoms with Crippen LogP contribution in [0.4, 0.5) is 0 Å². The lowest BCUT2D eigenvalue weighted by molar-refractivity contribution is -0.183. The fourth-order valence-corrected chi connectivity index (χ4v) is 2.96. The predicted octanol–water partition coefficient (Wildman–Crippen LogP) is 5.90. The third kappa shape index (κ3) is 15.6. The van der Waals surface area contributed by atoms with Crippen LogP contribution in [-0.4, -0.2) is 27.7 Å². The number of hydrogen-bond acceptors (Lipinski definition) is 3. The van der Waals surface area contributed by atoms with E-state index in [1.807, 2.05) is 0 Å². The van der Waals surface area contributed by atoms with Crippen molar-refractivity contribution in [3.8, 4) is 0 Å². The van der Waals surface area contributed by atoms with E-state index in [2.05, 4.69) is 12.2 Å². The molecule has 0 saturated heterocycles. The molecule has 0 rings (SSSR count). The Morgan fingerprint density at radius 3 is 1.72 bits per heavy atom. The van der Waals surface area contributed by atoms with Crippen molar-refractivity contribution >= 4 is 17.4 Å². The number of hydrogen-bond donors (Lipinski definition) is 2. The van der Waals surface area contributed by atoms with Gasteiger partial charge in [0.2, 0.25) is 5.79 Å². The van der Waals surface area contributed by atoms with Crippen LogP contribution in [0.2, 0.25) is 0 Å². The van der Waals surface area contributed by atoms with Gasteiger partial charge in [0.25, 0.3) is 0 Å². The van der Waals surface area contributed by atoms with Crippen LogP contribution in [0, 0.1) is 0 Å². The minimum absolute atomic E-state index is 0.0617. The second kappa shape index (κ2) is 17.1. The van der Waals surface area contributed by atoms with Crippen molar-refractivity contribution in [1.82, 2.24) is 0 Å². The molecule has 25 heavy (non-hydrogen) atoms. The summed E-state index contributed by atoms with van der Waals surface area (Å²) in [4.78, 5) is 11.5. The molecule has 0 aliphatic rings. The molecule has 0 bridgehead atoms. The maximum Gasteiger partial charge on any atom is 0.223 e. The zero-order chi connectivity index (χ0) is 18.8. The van der Waals surface area contributed by atoms with Gasteiger partial charge >= 0.3 is 0 Å². The molecule has 148 valence electrons. The minimum atomic E-state index is -2.12. The molecule has 0 aromatic heterocycles. The largest absolute Gasteiger partial charge is 0.360 e. The normalized spacial score (nSPS) is 12.2. The Balaban J connectivity index is 3.29. The topological polar surface area (TPSA) is 57.5 Å². The first kappa shape index (κ1) is 24.6. The summed E-state index contributed by atoms with van der Waals surface area (Å²) in [6, 6.07) is 0. The van der Waals surface area contributed by atoms with Gasteiger partial charge in [0.05, 0.1) is 0 Å². The molecule has 0 saturated carbocycles. The fourth-order valence-electron chi connectivity index (χ4n) is 2.77. The van der Waals surface area contributed by atoms with Crippen molar-refractivity contribution in [2.75, 3.05) is 5.88 Å². The molecule has 0 radical (unpaired) electrons. The molecule has 0 heterocycles. The van der Waals surface area contributed by atoms with Crippen molar-refractivity contribution in [2.24, 2.45) is 0 Å². The number of allylic oxidation sites excluding steroid dienone is 2. The molecule has 0 spiro atoms. The average molecular weight is 375 g/mol. The van der Waals surface area contributed by atoms with E-state index >= 15 is 0 Å². The monoisotopic (exact) mass is 374 g/mol. The minimum Gasteiger partial charge on any atom is -0.360 e. The Labute approximate surface area is 159 Å². The number of unbranched alkanes of at least 4 members (excludes halogenated alkanes) is 11. The third-order valence-corrected chi connectivity index (χ3v) is 4.90. The van der Waals surface area contributed by atoms with Gasteiger partial charge in [-0.25, -0.2) is 0 Å². The van der Waals surface area contributed by atoms with E-state index in [0.717, 1.165) is 38.0 Å². The van der Waals surface area contributed by atoms with Gasteiger partial charge in [-0.3, -0.25) is 4.79 Å². The standard InChI is InChI=1S/C21H39ClO3/c1-2-21(24,25)20(23)18-16-14-12-10-8-6-4-3-5-7-9-11-13-15-17-19-22/h3-4,24-25H,2,5-19H2,1H3/b4-3-. The van der Waals surface area contributed by atoms with Gasteiger partial charge in [0.15, 0.2) is 5.78 Å². The summed E-state index contributed by atoms with van der Waals surface area (Å²) in [6.07, 6.45) is 20.2. The first-order chi connectivity index (χ1) is 12.0. The van der Waals surface area contributed by atoms with Gasteiger partial charge in [0, 0.05) is 18.7 Å². The number of alkyl halides is 1. The summed E-state index contributed by atoms with van der Waals surface area (Å²) in [7, 11) is 0. The van der Waals surface area contributed by atoms with Gasteiger partial charge < -0.3 is 10.2 Å². The molecule has 0 aliphatic carbocycles. The van der Waals surface area contributed by atoms with Gasteiger partial charge in [-0.1, -0.05) is 64.0 Å². The summed E-state index contributed by atoms with van der Waals surface area (Å²) in [5.41, 5.74) is 0. The summed E-state index contributed by atoms with van der Waals surface area (Å²) < 4.78 is 0. The lowest BCUT2D eigenvalue weighted by atomic mass is 10.0. The maximum atomic E-state index is 11.5. The highest BCUT2D eigenvalue weighted by molar-refractivity contribution is 6.17. The van der Waals surface area contributed by atoms with Crippen LogP contribution >= 0.6 is 11.6 Å². The molecule has 2 N–H and O–H groups in total. The SMILES string of the molecule is CCC(O)(O)C(=O)CCCCCCC/C=C\CCCCCCCCCl. The van der Waals surface area contributed by atoms with E-state index in [0.29, 0.717) is 0 Å². The van der Waals surface area contributed by atoms with E-state index in [9.17, 15) is 15.0 Å². The zero-order valence-corrected chi connectivity index (χ0v) is 16.9. The summed E-state index contributed by atoms with van der Waals surface area (Å²) in [5.74, 6) is -1.77. The first-order valence-corrected chi connectivity index (χ1v) is 10.8. The van der Waals surface area contributed by atoms with Gasteiger partial charge in [0.1, 0.15) is 0 Å². The average Bonchev–Trinajstić information content (AvgIpc) is 2.61. The third-order valence-electron chi connectivity index (χ3n) is 4.64. The molecular weight excluding hydrogens is 336 g/mol. The lowest BCUT2D eigenvalue weighted by Crippen LogP contribution is -2.37. The van der Waals surface area contributed by atoms with Crippen molar-refractivity contribution in [3.05, 3.63) is 12.2 Å². The Morgan fingerprint density at radius 1 is 0.800 bits per heavy atom. The Morgan fingerprint density at radius 2 is 1.24 bits per heavy atom. The molecule has 0 aromatic rings. The van der Waals surface area contributed by atoms with Gasteiger partial charge in [-0.15, -0.1) is 11.6 Å². The molecule has 3 nitrogen and oxygen atoms in total. The summed E-state index contributed by atoms with van der Waals surface area (Å²) in [6.45, 7) is 1.61. The van der Waals surface area contributed by atoms with Crippen molar-refractivity contribution in [3.63, 3.8) is 0 Å². The van der Waals surface area contributed by atoms with Crippen LogP contribution in [0.1, 0.15) is 103 Å². The number of carbonyl (C=O) groups excluding carboxylic acids is 1. The Bertz CT molecular complexity index is 340. The number of aliphatic hydroxyl groups is 2. The highest BCUT2D eigenvalue weighted by Gasteiger charge is 2.29. The number of ketones is 1. The van der Waals surface area contributed by atoms with Crippen LogP contribution in [-0.2, 0) is 4.79 Å². The number of rotatable bonds is 18. The second-order valence-electron chi connectivity index (χ2n) is 6.97. The molecule has 0 unspecified atom stereocenters. The Kier molecular flexibility index (Phi) is 16.8. The summed E-state index contributed by atoms with van der Waals surface area (Å²) >= 11 is 5.65. The maximum absolute atomic E-state index is 11.5. The van der Waals surface area contributed by atoms with Gasteiger partial charge in [-0.2, -0.15) is 0 Å². The van der Waals surface area contributed by atoms with E-state index < -0.39 is 11.6 Å².